The van der Waals surface area contributed by atoms with Gasteiger partial charge in [-0.3, -0.25) is 4.79 Å². The van der Waals surface area contributed by atoms with Crippen LogP contribution < -0.4 is 5.32 Å². The summed E-state index contributed by atoms with van der Waals surface area (Å²) in [5.74, 6) is 0.600. The van der Waals surface area contributed by atoms with E-state index in [0.29, 0.717) is 25.3 Å². The van der Waals surface area contributed by atoms with Crippen LogP contribution in [0.5, 0.6) is 0 Å². The van der Waals surface area contributed by atoms with Gasteiger partial charge in [-0.25, -0.2) is 0 Å². The fourth-order valence-corrected chi connectivity index (χ4v) is 1.40. The van der Waals surface area contributed by atoms with Crippen molar-refractivity contribution in [3.05, 3.63) is 0 Å². The van der Waals surface area contributed by atoms with E-state index in [1.54, 1.807) is 0 Å². The standard InChI is InChI=1S/C11H20N2O/c1-4-13-11(14)6-5-10(8-12)7-9(2)3/h9-10H,4-7H2,1-3H3,(H,13,14). The number of carbonyl (C=O) groups is 1. The molecule has 0 aromatic heterocycles. The van der Waals surface area contributed by atoms with Crippen molar-refractivity contribution in [3.63, 3.8) is 0 Å². The first-order valence-corrected chi connectivity index (χ1v) is 5.26. The molecule has 0 aliphatic carbocycles. The molecule has 1 unspecified atom stereocenters. The van der Waals surface area contributed by atoms with E-state index in [4.69, 9.17) is 5.26 Å². The van der Waals surface area contributed by atoms with Crippen molar-refractivity contribution >= 4 is 5.91 Å². The average molecular weight is 196 g/mol. The van der Waals surface area contributed by atoms with Gasteiger partial charge in [-0.2, -0.15) is 5.26 Å². The maximum atomic E-state index is 11.1. The highest BCUT2D eigenvalue weighted by Gasteiger charge is 2.11. The van der Waals surface area contributed by atoms with Crippen LogP contribution in [0, 0.1) is 23.2 Å². The zero-order chi connectivity index (χ0) is 11.0. The summed E-state index contributed by atoms with van der Waals surface area (Å²) in [7, 11) is 0. The van der Waals surface area contributed by atoms with Gasteiger partial charge in [0.25, 0.3) is 0 Å². The molecule has 0 radical (unpaired) electrons. The molecule has 1 amide bonds. The Balaban J connectivity index is 3.74. The molecule has 3 nitrogen and oxygen atoms in total. The number of nitrogens with zero attached hydrogens (tertiary/aromatic N) is 1. The Bertz CT molecular complexity index is 206. The average Bonchev–Trinajstić information content (AvgIpc) is 2.12. The number of amides is 1. The predicted octanol–water partition coefficient (Wildman–Crippen LogP) is 2.09. The number of rotatable bonds is 6. The minimum atomic E-state index is 0.0256. The molecule has 0 spiro atoms. The number of carbonyl (C=O) groups excluding carboxylic acids is 1. The van der Waals surface area contributed by atoms with Gasteiger partial charge in [-0.1, -0.05) is 13.8 Å². The van der Waals surface area contributed by atoms with E-state index in [-0.39, 0.29) is 11.8 Å². The lowest BCUT2D eigenvalue weighted by Gasteiger charge is -2.10. The second-order valence-corrected chi connectivity index (χ2v) is 3.95. The summed E-state index contributed by atoms with van der Waals surface area (Å²) in [6.45, 7) is 6.75. The van der Waals surface area contributed by atoms with Gasteiger partial charge in [0.15, 0.2) is 0 Å². The molecule has 0 heterocycles. The molecular weight excluding hydrogens is 176 g/mol. The second kappa shape index (κ2) is 7.37. The smallest absolute Gasteiger partial charge is 0.220 e. The van der Waals surface area contributed by atoms with Crippen LogP contribution in [0.1, 0.15) is 40.0 Å². The van der Waals surface area contributed by atoms with Crippen LogP contribution in [-0.2, 0) is 4.79 Å². The monoisotopic (exact) mass is 196 g/mol. The van der Waals surface area contributed by atoms with Crippen molar-refractivity contribution in [2.75, 3.05) is 6.54 Å². The van der Waals surface area contributed by atoms with E-state index < -0.39 is 0 Å². The number of hydrogen-bond acceptors (Lipinski definition) is 2. The Kier molecular flexibility index (Phi) is 6.82. The molecule has 0 aliphatic heterocycles. The van der Waals surface area contributed by atoms with Crippen molar-refractivity contribution in [2.24, 2.45) is 11.8 Å². The Hall–Kier alpha value is -1.04. The minimum absolute atomic E-state index is 0.0256. The molecule has 14 heavy (non-hydrogen) atoms. The number of nitrogens with one attached hydrogen (secondary N) is 1. The SMILES string of the molecule is CCNC(=O)CCC(C#N)CC(C)C. The first-order chi connectivity index (χ1) is 6.60. The van der Waals surface area contributed by atoms with E-state index in [9.17, 15) is 4.79 Å². The van der Waals surface area contributed by atoms with Crippen LogP contribution in [0.15, 0.2) is 0 Å². The molecule has 1 N–H and O–H groups in total. The Morgan fingerprint density at radius 3 is 2.57 bits per heavy atom. The lowest BCUT2D eigenvalue weighted by molar-refractivity contribution is -0.121. The zero-order valence-corrected chi connectivity index (χ0v) is 9.34. The predicted molar refractivity (Wildman–Crippen MR) is 56.5 cm³/mol. The molecule has 3 heteroatoms. The Labute approximate surface area is 86.5 Å². The highest BCUT2D eigenvalue weighted by Crippen LogP contribution is 2.15. The van der Waals surface area contributed by atoms with Crippen LogP contribution in [-0.4, -0.2) is 12.5 Å². The third-order valence-corrected chi connectivity index (χ3v) is 2.03. The fourth-order valence-electron chi connectivity index (χ4n) is 1.40. The van der Waals surface area contributed by atoms with Crippen LogP contribution in [0.25, 0.3) is 0 Å². The zero-order valence-electron chi connectivity index (χ0n) is 9.34. The van der Waals surface area contributed by atoms with E-state index >= 15 is 0 Å². The van der Waals surface area contributed by atoms with Crippen LogP contribution >= 0.6 is 0 Å². The molecule has 0 aromatic rings. The molecule has 0 aliphatic rings. The van der Waals surface area contributed by atoms with Gasteiger partial charge < -0.3 is 5.32 Å². The summed E-state index contributed by atoms with van der Waals surface area (Å²) < 4.78 is 0. The lowest BCUT2D eigenvalue weighted by Crippen LogP contribution is -2.23. The molecular formula is C11H20N2O. The van der Waals surface area contributed by atoms with Crippen molar-refractivity contribution < 1.29 is 4.79 Å². The normalized spacial score (nSPS) is 12.2. The van der Waals surface area contributed by atoms with Crippen molar-refractivity contribution in [1.82, 2.24) is 5.32 Å². The van der Waals surface area contributed by atoms with Crippen LogP contribution in [0.4, 0.5) is 0 Å². The van der Waals surface area contributed by atoms with E-state index in [1.807, 2.05) is 6.92 Å². The lowest BCUT2D eigenvalue weighted by atomic mass is 9.94. The summed E-state index contributed by atoms with van der Waals surface area (Å²) in [5.41, 5.74) is 0. The van der Waals surface area contributed by atoms with Gasteiger partial charge in [0.05, 0.1) is 6.07 Å². The number of hydrogen-bond donors (Lipinski definition) is 1. The van der Waals surface area contributed by atoms with Gasteiger partial charge in [0, 0.05) is 18.9 Å². The maximum absolute atomic E-state index is 11.1. The molecule has 80 valence electrons. The molecule has 0 saturated carbocycles. The molecule has 1 atom stereocenters. The highest BCUT2D eigenvalue weighted by molar-refractivity contribution is 5.75. The van der Waals surface area contributed by atoms with Gasteiger partial charge in [-0.15, -0.1) is 0 Å². The largest absolute Gasteiger partial charge is 0.356 e. The van der Waals surface area contributed by atoms with E-state index in [1.165, 1.54) is 0 Å². The van der Waals surface area contributed by atoms with Gasteiger partial charge in [-0.05, 0) is 25.7 Å². The van der Waals surface area contributed by atoms with Crippen molar-refractivity contribution in [3.8, 4) is 6.07 Å². The molecule has 0 bridgehead atoms. The number of nitriles is 1. The molecule has 0 saturated heterocycles. The Morgan fingerprint density at radius 1 is 1.50 bits per heavy atom. The minimum Gasteiger partial charge on any atom is -0.356 e. The maximum Gasteiger partial charge on any atom is 0.220 e. The second-order valence-electron chi connectivity index (χ2n) is 3.95. The molecule has 0 rings (SSSR count). The first kappa shape index (κ1) is 13.0. The van der Waals surface area contributed by atoms with Crippen LogP contribution in [0.3, 0.4) is 0 Å². The fraction of sp³-hybridized carbons (Fsp3) is 0.818. The van der Waals surface area contributed by atoms with Crippen molar-refractivity contribution in [1.29, 1.82) is 5.26 Å². The third kappa shape index (κ3) is 6.47. The van der Waals surface area contributed by atoms with E-state index in [2.05, 4.69) is 25.2 Å². The highest BCUT2D eigenvalue weighted by atomic mass is 16.1. The van der Waals surface area contributed by atoms with E-state index in [0.717, 1.165) is 6.42 Å². The topological polar surface area (TPSA) is 52.9 Å². The summed E-state index contributed by atoms with van der Waals surface area (Å²) in [4.78, 5) is 11.1. The third-order valence-electron chi connectivity index (χ3n) is 2.03. The summed E-state index contributed by atoms with van der Waals surface area (Å²) in [6, 6.07) is 2.25. The first-order valence-electron chi connectivity index (χ1n) is 5.26. The summed E-state index contributed by atoms with van der Waals surface area (Å²) in [6.07, 6.45) is 2.04. The van der Waals surface area contributed by atoms with Crippen molar-refractivity contribution in [2.45, 2.75) is 40.0 Å². The summed E-state index contributed by atoms with van der Waals surface area (Å²) >= 11 is 0. The molecule has 0 aromatic carbocycles. The molecule has 0 fully saturated rings. The summed E-state index contributed by atoms with van der Waals surface area (Å²) in [5, 5.41) is 11.6. The van der Waals surface area contributed by atoms with Gasteiger partial charge in [0.1, 0.15) is 0 Å². The van der Waals surface area contributed by atoms with Crippen LogP contribution in [0.2, 0.25) is 0 Å². The Morgan fingerprint density at radius 2 is 2.14 bits per heavy atom. The van der Waals surface area contributed by atoms with Gasteiger partial charge >= 0.3 is 0 Å². The van der Waals surface area contributed by atoms with Gasteiger partial charge in [0.2, 0.25) is 5.91 Å². The quantitative estimate of drug-likeness (QED) is 0.707.